The zero-order valence-corrected chi connectivity index (χ0v) is 9.66. The molecule has 0 aliphatic heterocycles. The fraction of sp³-hybridized carbons (Fsp3) is 0.385. The summed E-state index contributed by atoms with van der Waals surface area (Å²) in [7, 11) is 0. The second kappa shape index (κ2) is 5.92. The molecule has 0 fully saturated rings. The van der Waals surface area contributed by atoms with Crippen LogP contribution in [-0.4, -0.2) is 16.9 Å². The molecule has 0 aliphatic carbocycles. The zero-order valence-electron chi connectivity index (χ0n) is 9.66. The van der Waals surface area contributed by atoms with Gasteiger partial charge >= 0.3 is 0 Å². The number of aromatic nitrogens is 1. The Bertz CT molecular complexity index is 407. The molecule has 0 radical (unpaired) electrons. The highest BCUT2D eigenvalue weighted by Gasteiger charge is 2.10. The van der Waals surface area contributed by atoms with E-state index in [1.807, 2.05) is 26.0 Å². The molecular formula is C13H16N2O. The quantitative estimate of drug-likeness (QED) is 0.774. The molecule has 3 heteroatoms. The summed E-state index contributed by atoms with van der Waals surface area (Å²) in [5.74, 6) is 2.45. The van der Waals surface area contributed by atoms with Crippen molar-refractivity contribution in [1.29, 1.82) is 0 Å². The first-order valence-electron chi connectivity index (χ1n) is 5.33. The van der Waals surface area contributed by atoms with Crippen LogP contribution in [0, 0.1) is 19.3 Å². The molecule has 0 bridgehead atoms. The summed E-state index contributed by atoms with van der Waals surface area (Å²) >= 11 is 0. The van der Waals surface area contributed by atoms with E-state index in [1.165, 1.54) is 0 Å². The number of nitrogens with one attached hydrogen (secondary N) is 1. The predicted molar refractivity (Wildman–Crippen MR) is 63.7 cm³/mol. The summed E-state index contributed by atoms with van der Waals surface area (Å²) in [6.07, 6.45) is 7.99. The number of amides is 1. The second-order valence-corrected chi connectivity index (χ2v) is 3.64. The molecule has 1 aromatic heterocycles. The summed E-state index contributed by atoms with van der Waals surface area (Å²) in [6, 6.07) is 3.61. The summed E-state index contributed by atoms with van der Waals surface area (Å²) in [5, 5.41) is 2.78. The van der Waals surface area contributed by atoms with Crippen LogP contribution >= 0.6 is 0 Å². The smallest absolute Gasteiger partial charge is 0.226 e. The number of terminal acetylenes is 1. The standard InChI is InChI=1S/C13H16N2O/c1-4-11(5-2)15-13(16)9-12-10(3)7-6-8-14-12/h1,6-8,11H,5,9H2,2-3H3,(H,15,16). The van der Waals surface area contributed by atoms with Gasteiger partial charge in [-0.05, 0) is 25.0 Å². The van der Waals surface area contributed by atoms with Crippen LogP contribution in [0.5, 0.6) is 0 Å². The zero-order chi connectivity index (χ0) is 12.0. The molecule has 16 heavy (non-hydrogen) atoms. The molecular weight excluding hydrogens is 200 g/mol. The Kier molecular flexibility index (Phi) is 4.53. The summed E-state index contributed by atoms with van der Waals surface area (Å²) in [5.41, 5.74) is 1.82. The number of nitrogens with zero attached hydrogens (tertiary/aromatic N) is 1. The molecule has 0 aromatic carbocycles. The van der Waals surface area contributed by atoms with Crippen molar-refractivity contribution in [2.75, 3.05) is 0 Å². The van der Waals surface area contributed by atoms with Crippen LogP contribution in [0.2, 0.25) is 0 Å². The number of carbonyl (C=O) groups excluding carboxylic acids is 1. The maximum atomic E-state index is 11.6. The molecule has 1 amide bonds. The first-order chi connectivity index (χ1) is 7.67. The number of rotatable bonds is 4. The van der Waals surface area contributed by atoms with Crippen molar-refractivity contribution in [2.45, 2.75) is 32.7 Å². The fourth-order valence-corrected chi connectivity index (χ4v) is 1.36. The van der Waals surface area contributed by atoms with Crippen molar-refractivity contribution in [3.05, 3.63) is 29.6 Å². The van der Waals surface area contributed by atoms with E-state index in [9.17, 15) is 4.79 Å². The minimum absolute atomic E-state index is 0.0772. The minimum Gasteiger partial charge on any atom is -0.342 e. The van der Waals surface area contributed by atoms with E-state index < -0.39 is 0 Å². The molecule has 3 nitrogen and oxygen atoms in total. The van der Waals surface area contributed by atoms with Gasteiger partial charge in [0.15, 0.2) is 0 Å². The number of hydrogen-bond donors (Lipinski definition) is 1. The van der Waals surface area contributed by atoms with Gasteiger partial charge in [0.2, 0.25) is 5.91 Å². The Hall–Kier alpha value is -1.82. The van der Waals surface area contributed by atoms with Gasteiger partial charge < -0.3 is 5.32 Å². The van der Waals surface area contributed by atoms with Crippen molar-refractivity contribution in [2.24, 2.45) is 0 Å². The summed E-state index contributed by atoms with van der Waals surface area (Å²) in [4.78, 5) is 15.8. The van der Waals surface area contributed by atoms with E-state index in [-0.39, 0.29) is 18.4 Å². The van der Waals surface area contributed by atoms with Gasteiger partial charge in [-0.3, -0.25) is 9.78 Å². The van der Waals surface area contributed by atoms with Gasteiger partial charge in [0.05, 0.1) is 18.2 Å². The van der Waals surface area contributed by atoms with Gasteiger partial charge in [-0.25, -0.2) is 0 Å². The van der Waals surface area contributed by atoms with Crippen molar-refractivity contribution in [3.8, 4) is 12.3 Å². The van der Waals surface area contributed by atoms with Gasteiger partial charge in [0, 0.05) is 6.20 Å². The van der Waals surface area contributed by atoms with E-state index in [1.54, 1.807) is 6.20 Å². The molecule has 0 spiro atoms. The highest BCUT2D eigenvalue weighted by Crippen LogP contribution is 2.04. The van der Waals surface area contributed by atoms with Crippen LogP contribution in [0.3, 0.4) is 0 Å². The molecule has 0 saturated heterocycles. The Morgan fingerprint density at radius 3 is 3.00 bits per heavy atom. The molecule has 1 unspecified atom stereocenters. The van der Waals surface area contributed by atoms with E-state index in [4.69, 9.17) is 6.42 Å². The van der Waals surface area contributed by atoms with Crippen LogP contribution < -0.4 is 5.32 Å². The number of hydrogen-bond acceptors (Lipinski definition) is 2. The maximum Gasteiger partial charge on any atom is 0.226 e. The largest absolute Gasteiger partial charge is 0.342 e. The third-order valence-electron chi connectivity index (χ3n) is 2.39. The van der Waals surface area contributed by atoms with Crippen molar-refractivity contribution >= 4 is 5.91 Å². The molecule has 1 heterocycles. The molecule has 0 saturated carbocycles. The Morgan fingerprint density at radius 2 is 2.44 bits per heavy atom. The molecule has 1 rings (SSSR count). The molecule has 1 aromatic rings. The topological polar surface area (TPSA) is 42.0 Å². The van der Waals surface area contributed by atoms with Crippen LogP contribution in [0.25, 0.3) is 0 Å². The monoisotopic (exact) mass is 216 g/mol. The Labute approximate surface area is 96.3 Å². The average molecular weight is 216 g/mol. The lowest BCUT2D eigenvalue weighted by atomic mass is 10.1. The van der Waals surface area contributed by atoms with E-state index in [0.717, 1.165) is 17.7 Å². The van der Waals surface area contributed by atoms with Gasteiger partial charge in [0.25, 0.3) is 0 Å². The first kappa shape index (κ1) is 12.3. The SMILES string of the molecule is C#CC(CC)NC(=O)Cc1ncccc1C. The van der Waals surface area contributed by atoms with Crippen molar-refractivity contribution < 1.29 is 4.79 Å². The normalized spacial score (nSPS) is 11.6. The highest BCUT2D eigenvalue weighted by molar-refractivity contribution is 5.79. The number of carbonyl (C=O) groups is 1. The van der Waals surface area contributed by atoms with Crippen LogP contribution in [-0.2, 0) is 11.2 Å². The third-order valence-corrected chi connectivity index (χ3v) is 2.39. The van der Waals surface area contributed by atoms with Crippen LogP contribution in [0.15, 0.2) is 18.3 Å². The second-order valence-electron chi connectivity index (χ2n) is 3.64. The molecule has 1 N–H and O–H groups in total. The van der Waals surface area contributed by atoms with Gasteiger partial charge in [-0.15, -0.1) is 6.42 Å². The van der Waals surface area contributed by atoms with E-state index >= 15 is 0 Å². The van der Waals surface area contributed by atoms with E-state index in [0.29, 0.717) is 0 Å². The molecule has 0 aliphatic rings. The fourth-order valence-electron chi connectivity index (χ4n) is 1.36. The average Bonchev–Trinajstić information content (AvgIpc) is 2.29. The van der Waals surface area contributed by atoms with Crippen LogP contribution in [0.1, 0.15) is 24.6 Å². The summed E-state index contributed by atoms with van der Waals surface area (Å²) < 4.78 is 0. The van der Waals surface area contributed by atoms with Gasteiger partial charge in [-0.1, -0.05) is 18.9 Å². The maximum absolute atomic E-state index is 11.6. The highest BCUT2D eigenvalue weighted by atomic mass is 16.1. The summed E-state index contributed by atoms with van der Waals surface area (Å²) in [6.45, 7) is 3.88. The van der Waals surface area contributed by atoms with Gasteiger partial charge in [0.1, 0.15) is 0 Å². The van der Waals surface area contributed by atoms with Crippen molar-refractivity contribution in [3.63, 3.8) is 0 Å². The molecule has 84 valence electrons. The molecule has 1 atom stereocenters. The van der Waals surface area contributed by atoms with Gasteiger partial charge in [-0.2, -0.15) is 0 Å². The van der Waals surface area contributed by atoms with Crippen molar-refractivity contribution in [1.82, 2.24) is 10.3 Å². The lowest BCUT2D eigenvalue weighted by Gasteiger charge is -2.10. The lowest BCUT2D eigenvalue weighted by Crippen LogP contribution is -2.34. The van der Waals surface area contributed by atoms with E-state index in [2.05, 4.69) is 16.2 Å². The Morgan fingerprint density at radius 1 is 1.69 bits per heavy atom. The first-order valence-corrected chi connectivity index (χ1v) is 5.33. The lowest BCUT2D eigenvalue weighted by molar-refractivity contribution is -0.120. The van der Waals surface area contributed by atoms with Crippen LogP contribution in [0.4, 0.5) is 0 Å². The predicted octanol–water partition coefficient (Wildman–Crippen LogP) is 1.46. The number of pyridine rings is 1. The minimum atomic E-state index is -0.184. The number of aryl methyl sites for hydroxylation is 1. The Balaban J connectivity index is 2.59. The third kappa shape index (κ3) is 3.39.